The summed E-state index contributed by atoms with van der Waals surface area (Å²) in [5.41, 5.74) is 2.11. The van der Waals surface area contributed by atoms with Crippen molar-refractivity contribution in [1.29, 1.82) is 0 Å². The third kappa shape index (κ3) is 3.14. The Morgan fingerprint density at radius 3 is 3.10 bits per heavy atom. The zero-order chi connectivity index (χ0) is 13.8. The van der Waals surface area contributed by atoms with Crippen molar-refractivity contribution in [1.82, 2.24) is 25.5 Å². The minimum absolute atomic E-state index is 0.542. The first kappa shape index (κ1) is 13.1. The largest absolute Gasteiger partial charge is 0.382 e. The normalized spacial score (nSPS) is 20.6. The molecule has 0 spiro atoms. The van der Waals surface area contributed by atoms with Gasteiger partial charge in [0.05, 0.1) is 0 Å². The molecule has 1 unspecified atom stereocenters. The lowest BCUT2D eigenvalue weighted by Crippen LogP contribution is -2.22. The van der Waals surface area contributed by atoms with Gasteiger partial charge >= 0.3 is 0 Å². The Morgan fingerprint density at radius 2 is 2.25 bits per heavy atom. The first-order chi connectivity index (χ1) is 9.81. The number of nitrogens with zero attached hydrogens (tertiary/aromatic N) is 4. The number of tetrazole rings is 1. The lowest BCUT2D eigenvalue weighted by molar-refractivity contribution is 0.348. The predicted octanol–water partition coefficient (Wildman–Crippen LogP) is 1.76. The minimum atomic E-state index is 0.542. The second-order valence-corrected chi connectivity index (χ2v) is 5.39. The number of aromatic amines is 1. The van der Waals surface area contributed by atoms with Gasteiger partial charge in [-0.1, -0.05) is 12.1 Å². The summed E-state index contributed by atoms with van der Waals surface area (Å²) in [5, 5.41) is 17.8. The summed E-state index contributed by atoms with van der Waals surface area (Å²) in [6.45, 7) is 2.35. The monoisotopic (exact) mass is 272 g/mol. The maximum Gasteiger partial charge on any atom is 0.204 e. The second kappa shape index (κ2) is 6.00. The van der Waals surface area contributed by atoms with Crippen molar-refractivity contribution in [2.24, 2.45) is 0 Å². The van der Waals surface area contributed by atoms with Gasteiger partial charge in [0.15, 0.2) is 0 Å². The van der Waals surface area contributed by atoms with Gasteiger partial charge in [-0.2, -0.15) is 5.21 Å². The fourth-order valence-electron chi connectivity index (χ4n) is 2.65. The Kier molecular flexibility index (Phi) is 3.92. The maximum absolute atomic E-state index is 4.02. The van der Waals surface area contributed by atoms with E-state index in [4.69, 9.17) is 0 Å². The molecule has 0 saturated carbocycles. The molecule has 106 valence electrons. The fourth-order valence-corrected chi connectivity index (χ4v) is 2.65. The molecular weight excluding hydrogens is 252 g/mol. The Balaban J connectivity index is 1.70. The molecule has 1 saturated heterocycles. The third-order valence-electron chi connectivity index (χ3n) is 3.79. The number of benzene rings is 1. The second-order valence-electron chi connectivity index (χ2n) is 5.39. The molecule has 0 amide bonds. The molecule has 0 aliphatic carbocycles. The summed E-state index contributed by atoms with van der Waals surface area (Å²) in [6, 6.07) is 8.74. The molecule has 2 aromatic rings. The summed E-state index contributed by atoms with van der Waals surface area (Å²) in [6.07, 6.45) is 3.65. The van der Waals surface area contributed by atoms with Crippen molar-refractivity contribution < 1.29 is 0 Å². The highest BCUT2D eigenvalue weighted by Gasteiger charge is 2.14. The van der Waals surface area contributed by atoms with E-state index in [9.17, 15) is 0 Å². The van der Waals surface area contributed by atoms with E-state index in [1.54, 1.807) is 0 Å². The highest BCUT2D eigenvalue weighted by molar-refractivity contribution is 5.61. The van der Waals surface area contributed by atoms with Gasteiger partial charge in [0, 0.05) is 17.3 Å². The number of rotatable bonds is 3. The van der Waals surface area contributed by atoms with Crippen LogP contribution in [-0.2, 0) is 0 Å². The van der Waals surface area contributed by atoms with Gasteiger partial charge in [-0.3, -0.25) is 0 Å². The average molecular weight is 272 g/mol. The molecule has 1 aromatic carbocycles. The molecule has 20 heavy (non-hydrogen) atoms. The van der Waals surface area contributed by atoms with Gasteiger partial charge in [-0.15, -0.1) is 10.2 Å². The van der Waals surface area contributed by atoms with E-state index < -0.39 is 0 Å². The van der Waals surface area contributed by atoms with Crippen LogP contribution in [0.25, 0.3) is 11.4 Å². The van der Waals surface area contributed by atoms with Crippen LogP contribution in [0.4, 0.5) is 5.69 Å². The number of nitrogens with one attached hydrogen (secondary N) is 2. The van der Waals surface area contributed by atoms with Crippen molar-refractivity contribution in [2.45, 2.75) is 25.3 Å². The molecule has 0 bridgehead atoms. The van der Waals surface area contributed by atoms with Crippen molar-refractivity contribution in [2.75, 3.05) is 25.5 Å². The molecule has 2 heterocycles. The predicted molar refractivity (Wildman–Crippen MR) is 78.4 cm³/mol. The number of hydrogen-bond donors (Lipinski definition) is 2. The number of likely N-dealkylation sites (tertiary alicyclic amines) is 1. The van der Waals surface area contributed by atoms with E-state index in [-0.39, 0.29) is 0 Å². The first-order valence-electron chi connectivity index (χ1n) is 7.10. The van der Waals surface area contributed by atoms with E-state index in [2.05, 4.69) is 50.0 Å². The molecule has 1 fully saturated rings. The van der Waals surface area contributed by atoms with Crippen molar-refractivity contribution >= 4 is 5.69 Å². The summed E-state index contributed by atoms with van der Waals surface area (Å²) in [4.78, 5) is 2.40. The number of aromatic nitrogens is 4. The first-order valence-corrected chi connectivity index (χ1v) is 7.10. The summed E-state index contributed by atoms with van der Waals surface area (Å²) < 4.78 is 0. The van der Waals surface area contributed by atoms with E-state index in [1.165, 1.54) is 25.8 Å². The quantitative estimate of drug-likeness (QED) is 0.891. The maximum atomic E-state index is 4.02. The SMILES string of the molecule is CN1CCCC(Nc2cccc(-c3nn[nH]n3)c2)CC1. The van der Waals surface area contributed by atoms with Crippen LogP contribution in [0.2, 0.25) is 0 Å². The van der Waals surface area contributed by atoms with Crippen molar-refractivity contribution in [3.05, 3.63) is 24.3 Å². The number of hydrogen-bond acceptors (Lipinski definition) is 5. The van der Waals surface area contributed by atoms with Crippen LogP contribution in [0.5, 0.6) is 0 Å². The van der Waals surface area contributed by atoms with Crippen LogP contribution in [0, 0.1) is 0 Å². The lowest BCUT2D eigenvalue weighted by atomic mass is 10.1. The zero-order valence-corrected chi connectivity index (χ0v) is 11.7. The molecule has 2 N–H and O–H groups in total. The zero-order valence-electron chi connectivity index (χ0n) is 11.7. The standard InChI is InChI=1S/C14H20N6/c1-20-8-3-6-12(7-9-20)15-13-5-2-4-11(10-13)14-16-18-19-17-14/h2,4-5,10,12,15H,3,6-9H2,1H3,(H,16,17,18,19). The Morgan fingerprint density at radius 1 is 1.30 bits per heavy atom. The molecular formula is C14H20N6. The number of H-pyrrole nitrogens is 1. The molecule has 6 heteroatoms. The van der Waals surface area contributed by atoms with Gasteiger partial charge in [-0.05, 0) is 56.7 Å². The van der Waals surface area contributed by atoms with Crippen LogP contribution in [0.3, 0.4) is 0 Å². The third-order valence-corrected chi connectivity index (χ3v) is 3.79. The molecule has 1 aliphatic heterocycles. The molecule has 3 rings (SSSR count). The molecule has 1 aromatic heterocycles. The summed E-state index contributed by atoms with van der Waals surface area (Å²) in [7, 11) is 2.19. The van der Waals surface area contributed by atoms with E-state index in [0.717, 1.165) is 17.8 Å². The highest BCUT2D eigenvalue weighted by Crippen LogP contribution is 2.21. The van der Waals surface area contributed by atoms with Gasteiger partial charge in [0.1, 0.15) is 0 Å². The highest BCUT2D eigenvalue weighted by atomic mass is 15.5. The fraction of sp³-hybridized carbons (Fsp3) is 0.500. The average Bonchev–Trinajstić information content (AvgIpc) is 2.92. The van der Waals surface area contributed by atoms with E-state index in [0.29, 0.717) is 11.9 Å². The van der Waals surface area contributed by atoms with Crippen LogP contribution in [0.15, 0.2) is 24.3 Å². The molecule has 1 atom stereocenters. The minimum Gasteiger partial charge on any atom is -0.382 e. The Hall–Kier alpha value is -1.95. The van der Waals surface area contributed by atoms with Crippen LogP contribution >= 0.6 is 0 Å². The molecule has 0 radical (unpaired) electrons. The van der Waals surface area contributed by atoms with Crippen molar-refractivity contribution in [3.63, 3.8) is 0 Å². The van der Waals surface area contributed by atoms with Gasteiger partial charge in [-0.25, -0.2) is 0 Å². The van der Waals surface area contributed by atoms with Crippen LogP contribution in [0.1, 0.15) is 19.3 Å². The lowest BCUT2D eigenvalue weighted by Gasteiger charge is -2.18. The van der Waals surface area contributed by atoms with Crippen LogP contribution in [-0.4, -0.2) is 51.7 Å². The van der Waals surface area contributed by atoms with Crippen molar-refractivity contribution in [3.8, 4) is 11.4 Å². The molecule has 1 aliphatic rings. The number of anilines is 1. The van der Waals surface area contributed by atoms with E-state index >= 15 is 0 Å². The Bertz CT molecular complexity index is 538. The summed E-state index contributed by atoms with van der Waals surface area (Å²) >= 11 is 0. The molecule has 6 nitrogen and oxygen atoms in total. The van der Waals surface area contributed by atoms with E-state index in [1.807, 2.05) is 12.1 Å². The van der Waals surface area contributed by atoms with Gasteiger partial charge in [0.2, 0.25) is 5.82 Å². The Labute approximate surface area is 118 Å². The van der Waals surface area contributed by atoms with Crippen LogP contribution < -0.4 is 5.32 Å². The smallest absolute Gasteiger partial charge is 0.204 e. The van der Waals surface area contributed by atoms with Gasteiger partial charge < -0.3 is 10.2 Å². The topological polar surface area (TPSA) is 69.7 Å². The van der Waals surface area contributed by atoms with Gasteiger partial charge in [0.25, 0.3) is 0 Å². The summed E-state index contributed by atoms with van der Waals surface area (Å²) in [5.74, 6) is 0.634.